The number of nitrogens with zero attached hydrogens (tertiary/aromatic N) is 2. The summed E-state index contributed by atoms with van der Waals surface area (Å²) in [6, 6.07) is 16.7. The van der Waals surface area contributed by atoms with Gasteiger partial charge in [0.2, 0.25) is 10.0 Å². The maximum Gasteiger partial charge on any atom is 0.211 e. The number of halogens is 2. The Labute approximate surface area is 214 Å². The number of benzene rings is 2. The minimum absolute atomic E-state index is 0.183. The van der Waals surface area contributed by atoms with E-state index in [1.54, 1.807) is 0 Å². The lowest BCUT2D eigenvalue weighted by atomic mass is 9.96. The lowest BCUT2D eigenvalue weighted by Crippen LogP contribution is -2.48. The van der Waals surface area contributed by atoms with Crippen molar-refractivity contribution in [1.29, 1.82) is 0 Å². The predicted molar refractivity (Wildman–Crippen MR) is 141 cm³/mol. The van der Waals surface area contributed by atoms with E-state index < -0.39 is 10.0 Å². The highest BCUT2D eigenvalue weighted by Crippen LogP contribution is 2.31. The summed E-state index contributed by atoms with van der Waals surface area (Å²) in [7, 11) is -3.07. The van der Waals surface area contributed by atoms with Gasteiger partial charge in [-0.25, -0.2) is 13.1 Å². The van der Waals surface area contributed by atoms with Crippen molar-refractivity contribution in [2.45, 2.75) is 50.6 Å². The van der Waals surface area contributed by atoms with Crippen molar-refractivity contribution in [3.63, 3.8) is 0 Å². The van der Waals surface area contributed by atoms with Crippen molar-refractivity contribution >= 4 is 33.2 Å². The Morgan fingerprint density at radius 1 is 0.794 bits per heavy atom. The fourth-order valence-electron chi connectivity index (χ4n) is 4.64. The molecule has 1 heterocycles. The number of hydrogen-bond donors (Lipinski definition) is 1. The summed E-state index contributed by atoms with van der Waals surface area (Å²) in [4.78, 5) is 5.07. The summed E-state index contributed by atoms with van der Waals surface area (Å²) < 4.78 is 26.7. The van der Waals surface area contributed by atoms with Gasteiger partial charge in [0.25, 0.3) is 0 Å². The molecule has 2 aromatic carbocycles. The van der Waals surface area contributed by atoms with Crippen molar-refractivity contribution in [2.24, 2.45) is 0 Å². The lowest BCUT2D eigenvalue weighted by Gasteiger charge is -2.40. The van der Waals surface area contributed by atoms with E-state index in [-0.39, 0.29) is 17.8 Å². The third-order valence-electron chi connectivity index (χ3n) is 6.70. The van der Waals surface area contributed by atoms with Gasteiger partial charge in [0, 0.05) is 42.3 Å². The van der Waals surface area contributed by atoms with Crippen molar-refractivity contribution in [3.8, 4) is 0 Å². The molecule has 0 amide bonds. The van der Waals surface area contributed by atoms with Crippen LogP contribution in [-0.2, 0) is 10.0 Å². The molecule has 8 heteroatoms. The number of unbranched alkanes of at least 4 members (excludes halogenated alkanes) is 3. The van der Waals surface area contributed by atoms with Crippen LogP contribution >= 0.6 is 23.2 Å². The van der Waals surface area contributed by atoms with Gasteiger partial charge < -0.3 is 4.90 Å². The van der Waals surface area contributed by atoms with Crippen LogP contribution < -0.4 is 4.72 Å². The van der Waals surface area contributed by atoms with Crippen LogP contribution in [-0.4, -0.2) is 62.7 Å². The summed E-state index contributed by atoms with van der Waals surface area (Å²) >= 11 is 12.3. The first-order chi connectivity index (χ1) is 16.4. The molecule has 186 valence electrons. The number of rotatable bonds is 12. The van der Waals surface area contributed by atoms with Gasteiger partial charge in [-0.05, 0) is 67.6 Å². The molecule has 1 aliphatic heterocycles. The minimum atomic E-state index is -3.07. The molecule has 34 heavy (non-hydrogen) atoms. The Hall–Kier alpha value is -1.15. The molecule has 2 aliphatic rings. The second kappa shape index (κ2) is 12.2. The average molecular weight is 525 g/mol. The molecular weight excluding hydrogens is 489 g/mol. The van der Waals surface area contributed by atoms with Gasteiger partial charge in [-0.1, -0.05) is 60.3 Å². The highest BCUT2D eigenvalue weighted by atomic mass is 35.5. The standard InChI is InChI=1S/C26H35Cl2N3O2S/c27-23-9-5-21(6-10-23)26(22-7-11-24(28)12-8-22)31-18-16-30(17-19-31)15-3-1-2-4-20-34(32,33)29-25-13-14-25/h5-12,25-26,29H,1-4,13-20H2. The first-order valence-corrected chi connectivity index (χ1v) is 14.8. The topological polar surface area (TPSA) is 52.7 Å². The number of piperazine rings is 1. The van der Waals surface area contributed by atoms with E-state index in [0.717, 1.165) is 81.3 Å². The second-order valence-electron chi connectivity index (χ2n) is 9.51. The van der Waals surface area contributed by atoms with Gasteiger partial charge in [-0.2, -0.15) is 0 Å². The molecule has 1 saturated carbocycles. The number of nitrogens with one attached hydrogen (secondary N) is 1. The summed E-state index contributed by atoms with van der Waals surface area (Å²) in [5, 5.41) is 1.50. The summed E-state index contributed by atoms with van der Waals surface area (Å²) in [5.41, 5.74) is 2.48. The first-order valence-electron chi connectivity index (χ1n) is 12.4. The summed E-state index contributed by atoms with van der Waals surface area (Å²) in [5.74, 6) is 0.263. The SMILES string of the molecule is O=S(=O)(CCCCCCN1CCN(C(c2ccc(Cl)cc2)c2ccc(Cl)cc2)CC1)NC1CC1. The van der Waals surface area contributed by atoms with Crippen LogP contribution in [0.15, 0.2) is 48.5 Å². The zero-order chi connectivity index (χ0) is 24.0. The Kier molecular flexibility index (Phi) is 9.30. The Morgan fingerprint density at radius 3 is 1.85 bits per heavy atom. The van der Waals surface area contributed by atoms with E-state index in [1.165, 1.54) is 11.1 Å². The molecule has 1 saturated heterocycles. The molecule has 1 aliphatic carbocycles. The van der Waals surface area contributed by atoms with E-state index >= 15 is 0 Å². The molecule has 5 nitrogen and oxygen atoms in total. The second-order valence-corrected chi connectivity index (χ2v) is 12.3. The van der Waals surface area contributed by atoms with Gasteiger partial charge in [-0.15, -0.1) is 0 Å². The van der Waals surface area contributed by atoms with Gasteiger partial charge in [0.05, 0.1) is 11.8 Å². The highest BCUT2D eigenvalue weighted by molar-refractivity contribution is 7.89. The lowest BCUT2D eigenvalue weighted by molar-refractivity contribution is 0.108. The minimum Gasteiger partial charge on any atom is -0.301 e. The zero-order valence-corrected chi connectivity index (χ0v) is 22.0. The van der Waals surface area contributed by atoms with E-state index in [1.807, 2.05) is 24.3 Å². The fraction of sp³-hybridized carbons (Fsp3) is 0.538. The molecule has 2 aromatic rings. The molecule has 0 atom stereocenters. The van der Waals surface area contributed by atoms with E-state index in [9.17, 15) is 8.42 Å². The number of hydrogen-bond acceptors (Lipinski definition) is 4. The van der Waals surface area contributed by atoms with Crippen molar-refractivity contribution in [2.75, 3.05) is 38.5 Å². The highest BCUT2D eigenvalue weighted by Gasteiger charge is 2.27. The molecule has 4 rings (SSSR count). The van der Waals surface area contributed by atoms with Gasteiger partial charge in [0.15, 0.2) is 0 Å². The maximum atomic E-state index is 11.9. The normalized spacial score (nSPS) is 18.0. The van der Waals surface area contributed by atoms with Crippen LogP contribution in [0.3, 0.4) is 0 Å². The van der Waals surface area contributed by atoms with Gasteiger partial charge >= 0.3 is 0 Å². The van der Waals surface area contributed by atoms with Crippen LogP contribution in [0.25, 0.3) is 0 Å². The van der Waals surface area contributed by atoms with Crippen LogP contribution in [0.5, 0.6) is 0 Å². The molecule has 0 spiro atoms. The third kappa shape index (κ3) is 7.94. The van der Waals surface area contributed by atoms with E-state index in [4.69, 9.17) is 23.2 Å². The van der Waals surface area contributed by atoms with Crippen molar-refractivity contribution < 1.29 is 8.42 Å². The third-order valence-corrected chi connectivity index (χ3v) is 8.73. The van der Waals surface area contributed by atoms with Crippen LogP contribution in [0.4, 0.5) is 0 Å². The van der Waals surface area contributed by atoms with Crippen LogP contribution in [0.2, 0.25) is 10.0 Å². The molecule has 0 unspecified atom stereocenters. The van der Waals surface area contributed by atoms with Gasteiger partial charge in [-0.3, -0.25) is 4.90 Å². The smallest absolute Gasteiger partial charge is 0.211 e. The molecule has 0 aromatic heterocycles. The predicted octanol–water partition coefficient (Wildman–Crippen LogP) is 5.34. The quantitative estimate of drug-likeness (QED) is 0.381. The largest absolute Gasteiger partial charge is 0.301 e. The summed E-state index contributed by atoms with van der Waals surface area (Å²) in [6.07, 6.45) is 5.91. The van der Waals surface area contributed by atoms with Crippen LogP contribution in [0.1, 0.15) is 55.7 Å². The Bertz CT molecular complexity index is 958. The fourth-order valence-corrected chi connectivity index (χ4v) is 6.34. The zero-order valence-electron chi connectivity index (χ0n) is 19.6. The Morgan fingerprint density at radius 2 is 1.32 bits per heavy atom. The molecule has 0 bridgehead atoms. The van der Waals surface area contributed by atoms with Crippen molar-refractivity contribution in [1.82, 2.24) is 14.5 Å². The molecule has 1 N–H and O–H groups in total. The summed E-state index contributed by atoms with van der Waals surface area (Å²) in [6.45, 7) is 5.16. The van der Waals surface area contributed by atoms with E-state index in [2.05, 4.69) is 38.8 Å². The molecular formula is C26H35Cl2N3O2S. The van der Waals surface area contributed by atoms with Crippen LogP contribution in [0, 0.1) is 0 Å². The van der Waals surface area contributed by atoms with E-state index in [0.29, 0.717) is 0 Å². The Balaban J connectivity index is 1.22. The number of sulfonamides is 1. The molecule has 0 radical (unpaired) electrons. The maximum absolute atomic E-state index is 11.9. The monoisotopic (exact) mass is 523 g/mol. The van der Waals surface area contributed by atoms with Gasteiger partial charge in [0.1, 0.15) is 0 Å². The molecule has 2 fully saturated rings. The first kappa shape index (κ1) is 25.9. The average Bonchev–Trinajstić information content (AvgIpc) is 3.63. The van der Waals surface area contributed by atoms with Crippen molar-refractivity contribution in [3.05, 3.63) is 69.7 Å².